The number of fused-ring (bicyclic) bond motifs is 1. The minimum absolute atomic E-state index is 0.0684. The maximum Gasteiger partial charge on any atom is 0.268 e. The number of carbonyl (C=O) groups is 1. The van der Waals surface area contributed by atoms with Crippen LogP contribution in [0.5, 0.6) is 0 Å². The highest BCUT2D eigenvalue weighted by Crippen LogP contribution is 2.18. The summed E-state index contributed by atoms with van der Waals surface area (Å²) >= 11 is 0. The van der Waals surface area contributed by atoms with Gasteiger partial charge in [0.05, 0.1) is 11.8 Å². The number of nitrogens with zero attached hydrogens (tertiary/aromatic N) is 1. The molecule has 24 heavy (non-hydrogen) atoms. The van der Waals surface area contributed by atoms with Gasteiger partial charge in [0.1, 0.15) is 11.5 Å². The summed E-state index contributed by atoms with van der Waals surface area (Å²) in [4.78, 5) is 17.5. The van der Waals surface area contributed by atoms with Crippen LogP contribution >= 0.6 is 0 Å². The SMILES string of the molecule is O=C(NC1CCN(Cc2ccccc2F)C1)c1cc2occc2[nH]1. The fraction of sp³-hybridized carbons (Fsp3) is 0.278. The Bertz CT molecular complexity index is 841. The molecule has 1 aromatic carbocycles. The highest BCUT2D eigenvalue weighted by Gasteiger charge is 2.25. The second-order valence-corrected chi connectivity index (χ2v) is 6.17. The van der Waals surface area contributed by atoms with Gasteiger partial charge in [0.2, 0.25) is 0 Å². The summed E-state index contributed by atoms with van der Waals surface area (Å²) in [5, 5.41) is 3.03. The van der Waals surface area contributed by atoms with Crippen molar-refractivity contribution in [2.75, 3.05) is 13.1 Å². The van der Waals surface area contributed by atoms with Crippen molar-refractivity contribution < 1.29 is 13.6 Å². The van der Waals surface area contributed by atoms with Crippen molar-refractivity contribution in [2.24, 2.45) is 0 Å². The molecule has 0 spiro atoms. The smallest absolute Gasteiger partial charge is 0.268 e. The van der Waals surface area contributed by atoms with Gasteiger partial charge in [0.25, 0.3) is 5.91 Å². The van der Waals surface area contributed by atoms with Gasteiger partial charge in [-0.1, -0.05) is 18.2 Å². The Balaban J connectivity index is 1.36. The van der Waals surface area contributed by atoms with Crippen molar-refractivity contribution in [2.45, 2.75) is 19.0 Å². The quantitative estimate of drug-likeness (QED) is 0.774. The Kier molecular flexibility index (Phi) is 3.82. The first-order chi connectivity index (χ1) is 11.7. The lowest BCUT2D eigenvalue weighted by Crippen LogP contribution is -2.37. The number of aromatic nitrogens is 1. The zero-order valence-electron chi connectivity index (χ0n) is 13.1. The number of hydrogen-bond acceptors (Lipinski definition) is 3. The molecular weight excluding hydrogens is 309 g/mol. The molecule has 5 nitrogen and oxygen atoms in total. The molecule has 1 fully saturated rings. The summed E-state index contributed by atoms with van der Waals surface area (Å²) < 4.78 is 19.0. The second kappa shape index (κ2) is 6.13. The summed E-state index contributed by atoms with van der Waals surface area (Å²) in [6.07, 6.45) is 2.44. The lowest BCUT2D eigenvalue weighted by molar-refractivity contribution is 0.0933. The van der Waals surface area contributed by atoms with Crippen LogP contribution < -0.4 is 5.32 Å². The number of nitrogens with one attached hydrogen (secondary N) is 2. The normalized spacial score (nSPS) is 18.3. The molecule has 0 bridgehead atoms. The Morgan fingerprint density at radius 1 is 1.38 bits per heavy atom. The van der Waals surface area contributed by atoms with Crippen LogP contribution in [0.15, 0.2) is 47.1 Å². The van der Waals surface area contributed by atoms with Gasteiger partial charge < -0.3 is 14.7 Å². The molecule has 2 N–H and O–H groups in total. The van der Waals surface area contributed by atoms with Gasteiger partial charge in [-0.25, -0.2) is 4.39 Å². The first kappa shape index (κ1) is 15.0. The Morgan fingerprint density at radius 3 is 3.08 bits per heavy atom. The van der Waals surface area contributed by atoms with Gasteiger partial charge in [0.15, 0.2) is 5.58 Å². The molecule has 1 amide bonds. The Morgan fingerprint density at radius 2 is 2.25 bits per heavy atom. The molecule has 1 aliphatic heterocycles. The van der Waals surface area contributed by atoms with Gasteiger partial charge in [0, 0.05) is 43.4 Å². The standard InChI is InChI=1S/C18H18FN3O2/c19-14-4-2-1-3-12(14)10-22-7-5-13(11-22)20-18(23)16-9-17-15(21-16)6-8-24-17/h1-4,6,8-9,13,21H,5,7,10-11H2,(H,20,23). The maximum absolute atomic E-state index is 13.7. The van der Waals surface area contributed by atoms with E-state index in [-0.39, 0.29) is 17.8 Å². The molecule has 1 unspecified atom stereocenters. The number of furan rings is 1. The van der Waals surface area contributed by atoms with E-state index in [2.05, 4.69) is 15.2 Å². The van der Waals surface area contributed by atoms with Crippen LogP contribution in [0.2, 0.25) is 0 Å². The van der Waals surface area contributed by atoms with E-state index in [0.29, 0.717) is 23.4 Å². The van der Waals surface area contributed by atoms with Gasteiger partial charge in [-0.15, -0.1) is 0 Å². The van der Waals surface area contributed by atoms with E-state index in [9.17, 15) is 9.18 Å². The monoisotopic (exact) mass is 327 g/mol. The molecule has 1 atom stereocenters. The van der Waals surface area contributed by atoms with Crippen LogP contribution in [0.1, 0.15) is 22.5 Å². The molecule has 4 rings (SSSR count). The van der Waals surface area contributed by atoms with Crippen LogP contribution in [-0.4, -0.2) is 34.9 Å². The Labute approximate surface area is 138 Å². The molecule has 124 valence electrons. The van der Waals surface area contributed by atoms with Crippen molar-refractivity contribution >= 4 is 17.0 Å². The van der Waals surface area contributed by atoms with Crippen molar-refractivity contribution in [3.63, 3.8) is 0 Å². The third kappa shape index (κ3) is 2.92. The van der Waals surface area contributed by atoms with E-state index >= 15 is 0 Å². The van der Waals surface area contributed by atoms with E-state index < -0.39 is 0 Å². The number of amides is 1. The molecule has 6 heteroatoms. The third-order valence-electron chi connectivity index (χ3n) is 4.44. The molecule has 1 saturated heterocycles. The van der Waals surface area contributed by atoms with Crippen molar-refractivity contribution in [3.05, 3.63) is 59.7 Å². The number of hydrogen-bond donors (Lipinski definition) is 2. The topological polar surface area (TPSA) is 61.3 Å². The van der Waals surface area contributed by atoms with Crippen LogP contribution in [-0.2, 0) is 6.54 Å². The molecule has 0 radical (unpaired) electrons. The van der Waals surface area contributed by atoms with Crippen molar-refractivity contribution in [3.8, 4) is 0 Å². The largest absolute Gasteiger partial charge is 0.463 e. The predicted octanol–water partition coefficient (Wildman–Crippen LogP) is 2.90. The molecule has 0 saturated carbocycles. The van der Waals surface area contributed by atoms with Gasteiger partial charge >= 0.3 is 0 Å². The minimum atomic E-state index is -0.182. The first-order valence-electron chi connectivity index (χ1n) is 8.02. The molecule has 3 heterocycles. The summed E-state index contributed by atoms with van der Waals surface area (Å²) in [5.74, 6) is -0.321. The van der Waals surface area contributed by atoms with E-state index in [1.807, 2.05) is 6.07 Å². The van der Waals surface area contributed by atoms with Crippen LogP contribution in [0.25, 0.3) is 11.1 Å². The lowest BCUT2D eigenvalue weighted by atomic mass is 10.2. The van der Waals surface area contributed by atoms with Crippen LogP contribution in [0.4, 0.5) is 4.39 Å². The van der Waals surface area contributed by atoms with Gasteiger partial charge in [-0.2, -0.15) is 0 Å². The van der Waals surface area contributed by atoms with Crippen molar-refractivity contribution in [1.29, 1.82) is 0 Å². The number of halogens is 1. The molecule has 1 aliphatic rings. The van der Waals surface area contributed by atoms with Gasteiger partial charge in [-0.3, -0.25) is 9.69 Å². The zero-order chi connectivity index (χ0) is 16.5. The summed E-state index contributed by atoms with van der Waals surface area (Å²) in [6, 6.07) is 10.4. The number of aromatic amines is 1. The third-order valence-corrected chi connectivity index (χ3v) is 4.44. The molecule has 2 aromatic heterocycles. The molecule has 3 aromatic rings. The zero-order valence-corrected chi connectivity index (χ0v) is 13.1. The lowest BCUT2D eigenvalue weighted by Gasteiger charge is -2.17. The number of benzene rings is 1. The fourth-order valence-electron chi connectivity index (χ4n) is 3.20. The van der Waals surface area contributed by atoms with Crippen LogP contribution in [0.3, 0.4) is 0 Å². The average Bonchev–Trinajstić information content (AvgIpc) is 3.25. The number of H-pyrrole nitrogens is 1. The highest BCUT2D eigenvalue weighted by atomic mass is 19.1. The summed E-state index contributed by atoms with van der Waals surface area (Å²) in [6.45, 7) is 2.12. The number of rotatable bonds is 4. The number of carbonyl (C=O) groups excluding carboxylic acids is 1. The first-order valence-corrected chi connectivity index (χ1v) is 8.02. The predicted molar refractivity (Wildman–Crippen MR) is 88.1 cm³/mol. The summed E-state index contributed by atoms with van der Waals surface area (Å²) in [7, 11) is 0. The minimum Gasteiger partial charge on any atom is -0.463 e. The highest BCUT2D eigenvalue weighted by molar-refractivity contribution is 5.96. The van der Waals surface area contributed by atoms with E-state index in [1.54, 1.807) is 30.5 Å². The van der Waals surface area contributed by atoms with Crippen molar-refractivity contribution in [1.82, 2.24) is 15.2 Å². The van der Waals surface area contributed by atoms with E-state index in [4.69, 9.17) is 4.42 Å². The molecule has 0 aliphatic carbocycles. The molecular formula is C18H18FN3O2. The number of likely N-dealkylation sites (tertiary alicyclic amines) is 1. The fourth-order valence-corrected chi connectivity index (χ4v) is 3.20. The maximum atomic E-state index is 13.7. The van der Waals surface area contributed by atoms with Crippen LogP contribution in [0, 0.1) is 5.82 Å². The van der Waals surface area contributed by atoms with E-state index in [1.165, 1.54) is 6.07 Å². The van der Waals surface area contributed by atoms with E-state index in [0.717, 1.165) is 25.0 Å². The second-order valence-electron chi connectivity index (χ2n) is 6.17. The summed E-state index contributed by atoms with van der Waals surface area (Å²) in [5.41, 5.74) is 2.67. The Hall–Kier alpha value is -2.60. The van der Waals surface area contributed by atoms with Gasteiger partial charge in [-0.05, 0) is 12.5 Å². The average molecular weight is 327 g/mol.